The summed E-state index contributed by atoms with van der Waals surface area (Å²) in [6, 6.07) is 0. The number of rotatable bonds is 8. The van der Waals surface area contributed by atoms with E-state index >= 15 is 0 Å². The summed E-state index contributed by atoms with van der Waals surface area (Å²) < 4.78 is 0. The van der Waals surface area contributed by atoms with Crippen LogP contribution < -0.4 is 5.43 Å². The maximum absolute atomic E-state index is 3.91. The minimum absolute atomic E-state index is 0.980. The molecule has 12 heavy (non-hydrogen) atoms. The van der Waals surface area contributed by atoms with Gasteiger partial charge in [-0.05, 0) is 12.5 Å². The molecule has 0 heterocycles. The van der Waals surface area contributed by atoms with Gasteiger partial charge in [-0.15, -0.1) is 0 Å². The van der Waals surface area contributed by atoms with Crippen molar-refractivity contribution in [2.45, 2.75) is 39.0 Å². The number of hydrogen-bond donors (Lipinski definition) is 1. The number of allylic oxidation sites excluding steroid dienone is 1. The highest BCUT2D eigenvalue weighted by atomic mass is 15.3. The van der Waals surface area contributed by atoms with Crippen LogP contribution in [0.15, 0.2) is 17.8 Å². The van der Waals surface area contributed by atoms with Crippen LogP contribution in [0.5, 0.6) is 0 Å². The van der Waals surface area contributed by atoms with Crippen molar-refractivity contribution in [3.8, 4) is 0 Å². The first-order valence-electron chi connectivity index (χ1n) is 4.78. The van der Waals surface area contributed by atoms with E-state index < -0.39 is 0 Å². The van der Waals surface area contributed by atoms with Crippen molar-refractivity contribution < 1.29 is 0 Å². The Balaban J connectivity index is 2.90. The molecule has 0 saturated carbocycles. The molecule has 0 unspecified atom stereocenters. The van der Waals surface area contributed by atoms with Gasteiger partial charge >= 0.3 is 0 Å². The molecular weight excluding hydrogens is 148 g/mol. The highest BCUT2D eigenvalue weighted by molar-refractivity contribution is 5.69. The normalized spacial score (nSPS) is 10.4. The van der Waals surface area contributed by atoms with E-state index in [1.807, 2.05) is 0 Å². The third-order valence-corrected chi connectivity index (χ3v) is 1.66. The molecule has 0 aliphatic rings. The van der Waals surface area contributed by atoms with E-state index in [2.05, 4.69) is 24.0 Å². The quantitative estimate of drug-likeness (QED) is 0.336. The van der Waals surface area contributed by atoms with Gasteiger partial charge in [-0.2, -0.15) is 5.10 Å². The van der Waals surface area contributed by atoms with Crippen molar-refractivity contribution in [3.63, 3.8) is 0 Å². The lowest BCUT2D eigenvalue weighted by Gasteiger charge is -1.99. The van der Waals surface area contributed by atoms with Gasteiger partial charge in [0.25, 0.3) is 0 Å². The molecular formula is C10H20N2. The Kier molecular flexibility index (Phi) is 9.54. The molecule has 0 fully saturated rings. The molecule has 0 rings (SSSR count). The summed E-state index contributed by atoms with van der Waals surface area (Å²) in [6.45, 7) is 6.74. The van der Waals surface area contributed by atoms with Gasteiger partial charge in [0.05, 0.1) is 0 Å². The van der Waals surface area contributed by atoms with Gasteiger partial charge in [0.15, 0.2) is 0 Å². The average Bonchev–Trinajstić information content (AvgIpc) is 2.10. The summed E-state index contributed by atoms with van der Waals surface area (Å²) in [5, 5.41) is 3.91. The molecule has 1 N–H and O–H groups in total. The molecule has 0 aromatic carbocycles. The molecule has 2 nitrogen and oxygen atoms in total. The Labute approximate surface area is 75.7 Å². The van der Waals surface area contributed by atoms with Gasteiger partial charge in [-0.1, -0.05) is 39.2 Å². The Morgan fingerprint density at radius 2 is 2.00 bits per heavy atom. The number of nitrogens with zero attached hydrogens (tertiary/aromatic N) is 1. The first-order valence-corrected chi connectivity index (χ1v) is 4.78. The molecule has 0 aliphatic heterocycles. The summed E-state index contributed by atoms with van der Waals surface area (Å²) in [4.78, 5) is 0. The second-order valence-electron chi connectivity index (χ2n) is 2.84. The third kappa shape index (κ3) is 9.21. The second-order valence-corrected chi connectivity index (χ2v) is 2.84. The number of nitrogens with one attached hydrogen (secondary N) is 1. The molecule has 0 spiro atoms. The zero-order valence-electron chi connectivity index (χ0n) is 8.05. The van der Waals surface area contributed by atoms with Crippen LogP contribution in [0.1, 0.15) is 39.0 Å². The summed E-state index contributed by atoms with van der Waals surface area (Å²) >= 11 is 0. The Hall–Kier alpha value is -0.790. The molecule has 0 aromatic rings. The van der Waals surface area contributed by atoms with Crippen LogP contribution in [0.4, 0.5) is 0 Å². The highest BCUT2D eigenvalue weighted by Crippen LogP contribution is 2.00. The van der Waals surface area contributed by atoms with Gasteiger partial charge in [-0.25, -0.2) is 0 Å². The van der Waals surface area contributed by atoms with Crippen LogP contribution in [0.3, 0.4) is 0 Å². The van der Waals surface area contributed by atoms with Crippen molar-refractivity contribution in [3.05, 3.63) is 12.7 Å². The molecule has 0 bridgehead atoms. The maximum atomic E-state index is 3.91. The van der Waals surface area contributed by atoms with Gasteiger partial charge in [-0.3, -0.25) is 0 Å². The minimum Gasteiger partial charge on any atom is -0.310 e. The van der Waals surface area contributed by atoms with Crippen molar-refractivity contribution in [1.29, 1.82) is 0 Å². The van der Waals surface area contributed by atoms with Gasteiger partial charge in [0.2, 0.25) is 0 Å². The van der Waals surface area contributed by atoms with E-state index in [1.165, 1.54) is 32.1 Å². The van der Waals surface area contributed by atoms with Crippen LogP contribution in [0.2, 0.25) is 0 Å². The summed E-state index contributed by atoms with van der Waals surface area (Å²) in [5.41, 5.74) is 2.96. The summed E-state index contributed by atoms with van der Waals surface area (Å²) in [6.07, 6.45) is 9.89. The standard InChI is InChI=1S/C10H20N2/c1-3-5-6-7-8-10-12-11-9-4-2/h4,9,12H,2-3,5-8,10H2,1H3. The maximum Gasteiger partial charge on any atom is 0.0462 e. The van der Waals surface area contributed by atoms with E-state index in [4.69, 9.17) is 0 Å². The Morgan fingerprint density at radius 1 is 1.25 bits per heavy atom. The number of unbranched alkanes of at least 4 members (excludes halogenated alkanes) is 4. The van der Waals surface area contributed by atoms with Crippen LogP contribution in [-0.4, -0.2) is 12.8 Å². The molecule has 2 heteroatoms. The fourth-order valence-electron chi connectivity index (χ4n) is 0.978. The molecule has 70 valence electrons. The van der Waals surface area contributed by atoms with E-state index in [-0.39, 0.29) is 0 Å². The van der Waals surface area contributed by atoms with Crippen LogP contribution >= 0.6 is 0 Å². The first kappa shape index (κ1) is 11.2. The highest BCUT2D eigenvalue weighted by Gasteiger charge is 1.86. The summed E-state index contributed by atoms with van der Waals surface area (Å²) in [7, 11) is 0. The molecule has 0 aliphatic carbocycles. The smallest absolute Gasteiger partial charge is 0.0462 e. The Bertz CT molecular complexity index is 119. The van der Waals surface area contributed by atoms with Crippen molar-refractivity contribution in [2.24, 2.45) is 5.10 Å². The predicted octanol–water partition coefficient (Wildman–Crippen LogP) is 2.72. The van der Waals surface area contributed by atoms with Gasteiger partial charge < -0.3 is 5.43 Å². The lowest BCUT2D eigenvalue weighted by Crippen LogP contribution is -2.06. The third-order valence-electron chi connectivity index (χ3n) is 1.66. The lowest BCUT2D eigenvalue weighted by atomic mass is 10.2. The lowest BCUT2D eigenvalue weighted by molar-refractivity contribution is 0.597. The second kappa shape index (κ2) is 10.2. The van der Waals surface area contributed by atoms with Crippen molar-refractivity contribution in [1.82, 2.24) is 5.43 Å². The SMILES string of the molecule is C=CC=NNCCCCCCC. The van der Waals surface area contributed by atoms with Crippen LogP contribution in [0, 0.1) is 0 Å². The largest absolute Gasteiger partial charge is 0.310 e. The average molecular weight is 168 g/mol. The van der Waals surface area contributed by atoms with Crippen molar-refractivity contribution in [2.75, 3.05) is 6.54 Å². The topological polar surface area (TPSA) is 24.4 Å². The molecule has 0 radical (unpaired) electrons. The van der Waals surface area contributed by atoms with E-state index in [1.54, 1.807) is 12.3 Å². The summed E-state index contributed by atoms with van der Waals surface area (Å²) in [5.74, 6) is 0. The monoisotopic (exact) mass is 168 g/mol. The predicted molar refractivity (Wildman–Crippen MR) is 55.5 cm³/mol. The van der Waals surface area contributed by atoms with Gasteiger partial charge in [0, 0.05) is 12.8 Å². The molecule has 0 atom stereocenters. The van der Waals surface area contributed by atoms with E-state index in [9.17, 15) is 0 Å². The van der Waals surface area contributed by atoms with Crippen molar-refractivity contribution >= 4 is 6.21 Å². The van der Waals surface area contributed by atoms with E-state index in [0.717, 1.165) is 6.54 Å². The molecule has 0 amide bonds. The van der Waals surface area contributed by atoms with Crippen LogP contribution in [0.25, 0.3) is 0 Å². The fourth-order valence-corrected chi connectivity index (χ4v) is 0.978. The zero-order valence-corrected chi connectivity index (χ0v) is 8.05. The zero-order chi connectivity index (χ0) is 9.07. The van der Waals surface area contributed by atoms with Gasteiger partial charge in [0.1, 0.15) is 0 Å². The Morgan fingerprint density at radius 3 is 2.67 bits per heavy atom. The minimum atomic E-state index is 0.980. The van der Waals surface area contributed by atoms with E-state index in [0.29, 0.717) is 0 Å². The first-order chi connectivity index (χ1) is 5.91. The molecule has 0 aromatic heterocycles. The fraction of sp³-hybridized carbons (Fsp3) is 0.700. The van der Waals surface area contributed by atoms with Crippen LogP contribution in [-0.2, 0) is 0 Å². The number of hydrogen-bond acceptors (Lipinski definition) is 2. The molecule has 0 saturated heterocycles. The number of hydrazone groups is 1.